The van der Waals surface area contributed by atoms with Gasteiger partial charge in [0, 0.05) is 0 Å². The summed E-state index contributed by atoms with van der Waals surface area (Å²) in [6, 6.07) is 0. The van der Waals surface area contributed by atoms with Crippen LogP contribution in [0.3, 0.4) is 0 Å². The minimum atomic E-state index is 0.547. The van der Waals surface area contributed by atoms with Gasteiger partial charge in [0.15, 0.2) is 0 Å². The second-order valence-electron chi connectivity index (χ2n) is 6.71. The molecule has 0 aromatic heterocycles. The van der Waals surface area contributed by atoms with Crippen LogP contribution in [0.5, 0.6) is 0 Å². The van der Waals surface area contributed by atoms with Gasteiger partial charge in [-0.05, 0) is 36.0 Å². The van der Waals surface area contributed by atoms with Crippen LogP contribution in [0.2, 0.25) is 0 Å². The molecule has 0 nitrogen and oxygen atoms in total. The van der Waals surface area contributed by atoms with Gasteiger partial charge in [0.1, 0.15) is 0 Å². The molecule has 1 rings (SSSR count). The number of hydrogen-bond donors (Lipinski definition) is 0. The van der Waals surface area contributed by atoms with Crippen LogP contribution < -0.4 is 0 Å². The summed E-state index contributed by atoms with van der Waals surface area (Å²) in [6.45, 7) is 12.1. The van der Waals surface area contributed by atoms with Crippen molar-refractivity contribution in [2.75, 3.05) is 0 Å². The second-order valence-corrected chi connectivity index (χ2v) is 6.71. The lowest BCUT2D eigenvalue weighted by atomic mass is 9.64. The van der Waals surface area contributed by atoms with Gasteiger partial charge in [0.05, 0.1) is 0 Å². The Bertz CT molecular complexity index is 180. The summed E-state index contributed by atoms with van der Waals surface area (Å²) >= 11 is 0. The van der Waals surface area contributed by atoms with Crippen molar-refractivity contribution in [1.82, 2.24) is 0 Å². The van der Waals surface area contributed by atoms with E-state index in [2.05, 4.69) is 34.6 Å². The van der Waals surface area contributed by atoms with Gasteiger partial charge in [0.2, 0.25) is 0 Å². The SMILES string of the molecule is CCC(C)(C)CC1(C)CCCC(C)C1. The highest BCUT2D eigenvalue weighted by Gasteiger charge is 2.34. The lowest BCUT2D eigenvalue weighted by Gasteiger charge is -2.42. The molecule has 2 atom stereocenters. The number of hydrogen-bond acceptors (Lipinski definition) is 0. The molecule has 0 N–H and O–H groups in total. The molecule has 0 saturated heterocycles. The first-order chi connectivity index (χ1) is 6.37. The third-order valence-electron chi connectivity index (χ3n) is 4.18. The van der Waals surface area contributed by atoms with Crippen molar-refractivity contribution in [2.24, 2.45) is 16.7 Å². The zero-order chi connectivity index (χ0) is 10.8. The van der Waals surface area contributed by atoms with Gasteiger partial charge in [-0.25, -0.2) is 0 Å². The van der Waals surface area contributed by atoms with Crippen molar-refractivity contribution >= 4 is 0 Å². The summed E-state index contributed by atoms with van der Waals surface area (Å²) in [6.07, 6.45) is 8.56. The molecule has 0 bridgehead atoms. The van der Waals surface area contributed by atoms with E-state index in [0.717, 1.165) is 5.92 Å². The Hall–Kier alpha value is 0. The molecule has 0 amide bonds. The molecule has 2 unspecified atom stereocenters. The van der Waals surface area contributed by atoms with E-state index in [1.165, 1.54) is 38.5 Å². The van der Waals surface area contributed by atoms with Crippen molar-refractivity contribution in [1.29, 1.82) is 0 Å². The normalized spacial score (nSPS) is 34.5. The molecule has 0 aliphatic heterocycles. The lowest BCUT2D eigenvalue weighted by molar-refractivity contribution is 0.0955. The molecule has 0 aromatic carbocycles. The van der Waals surface area contributed by atoms with E-state index < -0.39 is 0 Å². The number of rotatable bonds is 3. The van der Waals surface area contributed by atoms with Gasteiger partial charge >= 0.3 is 0 Å². The van der Waals surface area contributed by atoms with Gasteiger partial charge in [-0.15, -0.1) is 0 Å². The quantitative estimate of drug-likeness (QED) is 0.594. The molecule has 1 aliphatic carbocycles. The Labute approximate surface area is 90.5 Å². The zero-order valence-corrected chi connectivity index (χ0v) is 10.8. The van der Waals surface area contributed by atoms with Crippen LogP contribution in [-0.2, 0) is 0 Å². The molecule has 1 saturated carbocycles. The highest BCUT2D eigenvalue weighted by Crippen LogP contribution is 2.47. The minimum Gasteiger partial charge on any atom is -0.0649 e. The smallest absolute Gasteiger partial charge is 0.0318 e. The largest absolute Gasteiger partial charge is 0.0649 e. The Kier molecular flexibility index (Phi) is 3.66. The predicted molar refractivity (Wildman–Crippen MR) is 64.4 cm³/mol. The first-order valence-corrected chi connectivity index (χ1v) is 6.37. The van der Waals surface area contributed by atoms with E-state index in [1.54, 1.807) is 0 Å². The fourth-order valence-electron chi connectivity index (χ4n) is 3.36. The van der Waals surface area contributed by atoms with Crippen LogP contribution in [0.25, 0.3) is 0 Å². The van der Waals surface area contributed by atoms with Crippen molar-refractivity contribution in [2.45, 2.75) is 73.1 Å². The molecule has 0 aromatic rings. The van der Waals surface area contributed by atoms with Gasteiger partial charge in [-0.3, -0.25) is 0 Å². The van der Waals surface area contributed by atoms with Crippen molar-refractivity contribution in [3.05, 3.63) is 0 Å². The second kappa shape index (κ2) is 4.24. The van der Waals surface area contributed by atoms with Crippen LogP contribution in [0.1, 0.15) is 73.1 Å². The maximum atomic E-state index is 2.51. The van der Waals surface area contributed by atoms with E-state index in [4.69, 9.17) is 0 Å². The van der Waals surface area contributed by atoms with Gasteiger partial charge < -0.3 is 0 Å². The Balaban J connectivity index is 2.56. The molecular weight excluding hydrogens is 168 g/mol. The Morgan fingerprint density at radius 1 is 1.36 bits per heavy atom. The summed E-state index contributed by atoms with van der Waals surface area (Å²) in [7, 11) is 0. The zero-order valence-electron chi connectivity index (χ0n) is 10.8. The highest BCUT2D eigenvalue weighted by molar-refractivity contribution is 4.86. The molecule has 0 heteroatoms. The lowest BCUT2D eigenvalue weighted by Crippen LogP contribution is -2.30. The average molecular weight is 196 g/mol. The van der Waals surface area contributed by atoms with E-state index in [1.807, 2.05) is 0 Å². The Morgan fingerprint density at radius 3 is 2.50 bits per heavy atom. The van der Waals surface area contributed by atoms with Crippen molar-refractivity contribution < 1.29 is 0 Å². The van der Waals surface area contributed by atoms with E-state index >= 15 is 0 Å². The van der Waals surface area contributed by atoms with Crippen LogP contribution >= 0.6 is 0 Å². The fourth-order valence-corrected chi connectivity index (χ4v) is 3.36. The molecular formula is C14H28. The van der Waals surface area contributed by atoms with Crippen LogP contribution in [0.4, 0.5) is 0 Å². The topological polar surface area (TPSA) is 0 Å². The Morgan fingerprint density at radius 2 is 2.00 bits per heavy atom. The van der Waals surface area contributed by atoms with Crippen molar-refractivity contribution in [3.63, 3.8) is 0 Å². The highest BCUT2D eigenvalue weighted by atomic mass is 14.4. The molecule has 0 spiro atoms. The van der Waals surface area contributed by atoms with Crippen LogP contribution in [0, 0.1) is 16.7 Å². The minimum absolute atomic E-state index is 0.547. The molecule has 14 heavy (non-hydrogen) atoms. The third kappa shape index (κ3) is 3.29. The van der Waals surface area contributed by atoms with Gasteiger partial charge in [-0.1, -0.05) is 53.9 Å². The fraction of sp³-hybridized carbons (Fsp3) is 1.00. The first-order valence-electron chi connectivity index (χ1n) is 6.37. The third-order valence-corrected chi connectivity index (χ3v) is 4.18. The van der Waals surface area contributed by atoms with E-state index in [9.17, 15) is 0 Å². The predicted octanol–water partition coefficient (Wildman–Crippen LogP) is 5.03. The maximum absolute atomic E-state index is 2.51. The first kappa shape index (κ1) is 12.1. The summed E-state index contributed by atoms with van der Waals surface area (Å²) in [5.41, 5.74) is 1.18. The van der Waals surface area contributed by atoms with Crippen LogP contribution in [0.15, 0.2) is 0 Å². The summed E-state index contributed by atoms with van der Waals surface area (Å²) < 4.78 is 0. The average Bonchev–Trinajstić information content (AvgIpc) is 2.01. The molecule has 0 radical (unpaired) electrons. The molecule has 84 valence electrons. The van der Waals surface area contributed by atoms with Crippen molar-refractivity contribution in [3.8, 4) is 0 Å². The summed E-state index contributed by atoms with van der Waals surface area (Å²) in [4.78, 5) is 0. The van der Waals surface area contributed by atoms with E-state index in [-0.39, 0.29) is 0 Å². The summed E-state index contributed by atoms with van der Waals surface area (Å²) in [5, 5.41) is 0. The summed E-state index contributed by atoms with van der Waals surface area (Å²) in [5.74, 6) is 0.960. The van der Waals surface area contributed by atoms with E-state index in [0.29, 0.717) is 10.8 Å². The molecule has 1 fully saturated rings. The van der Waals surface area contributed by atoms with Crippen LogP contribution in [-0.4, -0.2) is 0 Å². The molecule has 0 heterocycles. The van der Waals surface area contributed by atoms with Gasteiger partial charge in [-0.2, -0.15) is 0 Å². The maximum Gasteiger partial charge on any atom is -0.0318 e. The standard InChI is InChI=1S/C14H28/c1-6-13(3,4)11-14(5)9-7-8-12(2)10-14/h12H,6-11H2,1-5H3. The molecule has 1 aliphatic rings. The van der Waals surface area contributed by atoms with Gasteiger partial charge in [0.25, 0.3) is 0 Å². The monoisotopic (exact) mass is 196 g/mol.